The number of amides is 1. The Morgan fingerprint density at radius 1 is 1.11 bits per heavy atom. The van der Waals surface area contributed by atoms with Gasteiger partial charge in [0.2, 0.25) is 0 Å². The second-order valence-corrected chi connectivity index (χ2v) is 11.3. The molecule has 1 heterocycles. The Morgan fingerprint density at radius 3 is 2.36 bits per heavy atom. The van der Waals surface area contributed by atoms with Gasteiger partial charge < -0.3 is 15.2 Å². The molecular weight excluding hydrogens is 484 g/mol. The molecular formula is C25H30N4O6S. The summed E-state index contributed by atoms with van der Waals surface area (Å²) in [4.78, 5) is 25.5. The first-order valence-corrected chi connectivity index (χ1v) is 13.4. The zero-order chi connectivity index (χ0) is 26.2. The molecule has 0 fully saturated rings. The van der Waals surface area contributed by atoms with Crippen LogP contribution in [0.25, 0.3) is 11.1 Å². The number of aromatic amines is 1. The van der Waals surface area contributed by atoms with E-state index in [1.807, 2.05) is 54.6 Å². The number of aromatic nitrogens is 3. The van der Waals surface area contributed by atoms with E-state index < -0.39 is 39.8 Å². The van der Waals surface area contributed by atoms with Crippen LogP contribution in [0.2, 0.25) is 0 Å². The molecule has 0 saturated heterocycles. The van der Waals surface area contributed by atoms with Crippen molar-refractivity contribution in [2.75, 3.05) is 25.2 Å². The van der Waals surface area contributed by atoms with E-state index in [0.717, 1.165) is 22.9 Å². The van der Waals surface area contributed by atoms with Gasteiger partial charge in [-0.3, -0.25) is 14.7 Å². The van der Waals surface area contributed by atoms with Gasteiger partial charge in [-0.15, -0.1) is 5.10 Å². The van der Waals surface area contributed by atoms with E-state index in [1.165, 1.54) is 13.1 Å². The van der Waals surface area contributed by atoms with Crippen LogP contribution in [0.5, 0.6) is 0 Å². The smallest absolute Gasteiger partial charge is 0.314 e. The van der Waals surface area contributed by atoms with E-state index in [-0.39, 0.29) is 24.5 Å². The highest BCUT2D eigenvalue weighted by atomic mass is 32.2. The van der Waals surface area contributed by atoms with Crippen LogP contribution >= 0.6 is 0 Å². The van der Waals surface area contributed by atoms with Crippen molar-refractivity contribution in [3.05, 3.63) is 72.1 Å². The molecule has 2 aromatic carbocycles. The van der Waals surface area contributed by atoms with Gasteiger partial charge in [-0.05, 0) is 36.5 Å². The minimum Gasteiger partial charge on any atom is -0.464 e. The molecule has 1 aromatic heterocycles. The fourth-order valence-corrected chi connectivity index (χ4v) is 4.10. The summed E-state index contributed by atoms with van der Waals surface area (Å²) in [5.74, 6) is -1.52. The van der Waals surface area contributed by atoms with Crippen molar-refractivity contribution >= 4 is 21.7 Å². The van der Waals surface area contributed by atoms with E-state index in [2.05, 4.69) is 20.7 Å². The van der Waals surface area contributed by atoms with E-state index in [4.69, 9.17) is 4.74 Å². The lowest BCUT2D eigenvalue weighted by Gasteiger charge is -2.30. The number of hydrogen-bond donors (Lipinski definition) is 3. The lowest BCUT2D eigenvalue weighted by atomic mass is 9.82. The number of aliphatic hydroxyl groups is 1. The van der Waals surface area contributed by atoms with Crippen molar-refractivity contribution in [3.8, 4) is 11.1 Å². The molecule has 10 nitrogen and oxygen atoms in total. The molecule has 1 amide bonds. The van der Waals surface area contributed by atoms with Crippen LogP contribution in [-0.4, -0.2) is 72.1 Å². The molecule has 0 aliphatic heterocycles. The Balaban J connectivity index is 1.77. The van der Waals surface area contributed by atoms with Crippen molar-refractivity contribution in [3.63, 3.8) is 0 Å². The lowest BCUT2D eigenvalue weighted by Crippen LogP contribution is -2.45. The molecule has 3 N–H and O–H groups in total. The molecule has 192 valence electrons. The van der Waals surface area contributed by atoms with Crippen LogP contribution in [0.15, 0.2) is 60.8 Å². The van der Waals surface area contributed by atoms with Crippen molar-refractivity contribution in [2.24, 2.45) is 5.41 Å². The van der Waals surface area contributed by atoms with Crippen LogP contribution in [-0.2, 0) is 25.8 Å². The van der Waals surface area contributed by atoms with Crippen LogP contribution in [0, 0.1) is 5.41 Å². The minimum atomic E-state index is -3.31. The first kappa shape index (κ1) is 27.0. The van der Waals surface area contributed by atoms with E-state index in [0.29, 0.717) is 6.42 Å². The number of aliphatic hydroxyl groups excluding tert-OH is 1. The van der Waals surface area contributed by atoms with Gasteiger partial charge in [-0.25, -0.2) is 8.42 Å². The number of carbonyl (C=O) groups is 2. The topological polar surface area (TPSA) is 151 Å². The second kappa shape index (κ2) is 11.9. The number of nitrogens with zero attached hydrogens (tertiary/aromatic N) is 2. The fourth-order valence-electron chi connectivity index (χ4n) is 3.71. The Hall–Kier alpha value is -3.57. The predicted octanol–water partition coefficient (Wildman–Crippen LogP) is 1.79. The maximum Gasteiger partial charge on any atom is 0.314 e. The Labute approximate surface area is 210 Å². The van der Waals surface area contributed by atoms with Crippen LogP contribution in [0.4, 0.5) is 0 Å². The van der Waals surface area contributed by atoms with Gasteiger partial charge in [0.25, 0.3) is 5.91 Å². The van der Waals surface area contributed by atoms with Crippen molar-refractivity contribution < 1.29 is 27.9 Å². The standard InChI is InChI=1S/C25H30N4O6S/c1-25(17-30,24(32)35-12-13-36(2,33)34)15-21(27-23(31)22-16-26-29-28-22)14-18-8-10-20(11-9-18)19-6-4-3-5-7-19/h3-11,16,21,30H,12-15,17H2,1-2H3,(H,27,31)(H,26,28,29). The molecule has 3 aromatic rings. The summed E-state index contributed by atoms with van der Waals surface area (Å²) < 4.78 is 27.9. The summed E-state index contributed by atoms with van der Waals surface area (Å²) in [5.41, 5.74) is 1.81. The van der Waals surface area contributed by atoms with Gasteiger partial charge >= 0.3 is 5.97 Å². The molecule has 0 radical (unpaired) electrons. The number of benzene rings is 2. The normalized spacial score (nSPS) is 14.0. The number of H-pyrrole nitrogens is 1. The molecule has 0 aliphatic carbocycles. The number of sulfone groups is 1. The molecule has 0 spiro atoms. The lowest BCUT2D eigenvalue weighted by molar-refractivity contribution is -0.157. The maximum absolute atomic E-state index is 12.8. The first-order valence-electron chi connectivity index (χ1n) is 11.4. The second-order valence-electron chi connectivity index (χ2n) is 9.00. The quantitative estimate of drug-likeness (QED) is 0.310. The largest absolute Gasteiger partial charge is 0.464 e. The predicted molar refractivity (Wildman–Crippen MR) is 134 cm³/mol. The average molecular weight is 515 g/mol. The van der Waals surface area contributed by atoms with Gasteiger partial charge in [-0.1, -0.05) is 59.8 Å². The highest BCUT2D eigenvalue weighted by Crippen LogP contribution is 2.27. The fraction of sp³-hybridized carbons (Fsp3) is 0.360. The summed E-state index contributed by atoms with van der Waals surface area (Å²) in [5, 5.41) is 22.6. The highest BCUT2D eigenvalue weighted by molar-refractivity contribution is 7.90. The van der Waals surface area contributed by atoms with Gasteiger partial charge in [-0.2, -0.15) is 0 Å². The Kier molecular flexibility index (Phi) is 8.94. The third kappa shape index (κ3) is 7.72. The molecule has 0 bridgehead atoms. The average Bonchev–Trinajstić information content (AvgIpc) is 3.39. The third-order valence-corrected chi connectivity index (χ3v) is 6.67. The van der Waals surface area contributed by atoms with Gasteiger partial charge in [0.1, 0.15) is 12.3 Å². The monoisotopic (exact) mass is 514 g/mol. The summed E-state index contributed by atoms with van der Waals surface area (Å²) in [6.07, 6.45) is 2.75. The van der Waals surface area contributed by atoms with E-state index in [9.17, 15) is 23.1 Å². The molecule has 2 unspecified atom stereocenters. The van der Waals surface area contributed by atoms with Crippen molar-refractivity contribution in [2.45, 2.75) is 25.8 Å². The van der Waals surface area contributed by atoms with Gasteiger partial charge in [0.05, 0.1) is 24.0 Å². The number of esters is 1. The number of ether oxygens (including phenoxy) is 1. The Morgan fingerprint density at radius 2 is 1.78 bits per heavy atom. The first-order chi connectivity index (χ1) is 17.1. The van der Waals surface area contributed by atoms with Crippen molar-refractivity contribution in [1.29, 1.82) is 0 Å². The van der Waals surface area contributed by atoms with Crippen LogP contribution in [0.3, 0.4) is 0 Å². The molecule has 11 heteroatoms. The molecule has 3 rings (SSSR count). The minimum absolute atomic E-state index is 0.0505. The zero-order valence-electron chi connectivity index (χ0n) is 20.2. The summed E-state index contributed by atoms with van der Waals surface area (Å²) in [6, 6.07) is 17.2. The molecule has 0 aliphatic rings. The summed E-state index contributed by atoms with van der Waals surface area (Å²) in [7, 11) is -3.31. The summed E-state index contributed by atoms with van der Waals surface area (Å²) in [6.45, 7) is 0.659. The number of rotatable bonds is 12. The maximum atomic E-state index is 12.8. The SMILES string of the molecule is CC(CO)(CC(Cc1ccc(-c2ccccc2)cc1)NC(=O)c1cnn[nH]1)C(=O)OCCS(C)(=O)=O. The van der Waals surface area contributed by atoms with Crippen LogP contribution in [0.1, 0.15) is 29.4 Å². The molecule has 2 atom stereocenters. The molecule has 36 heavy (non-hydrogen) atoms. The third-order valence-electron chi connectivity index (χ3n) is 5.76. The number of carbonyl (C=O) groups excluding carboxylic acids is 2. The number of hydrogen-bond acceptors (Lipinski definition) is 8. The molecule has 0 saturated carbocycles. The van der Waals surface area contributed by atoms with Gasteiger partial charge in [0, 0.05) is 12.3 Å². The number of nitrogens with one attached hydrogen (secondary N) is 2. The highest BCUT2D eigenvalue weighted by Gasteiger charge is 2.37. The van der Waals surface area contributed by atoms with Crippen LogP contribution < -0.4 is 5.32 Å². The van der Waals surface area contributed by atoms with E-state index in [1.54, 1.807) is 0 Å². The summed E-state index contributed by atoms with van der Waals surface area (Å²) >= 11 is 0. The van der Waals surface area contributed by atoms with Gasteiger partial charge in [0.15, 0.2) is 9.84 Å². The zero-order valence-corrected chi connectivity index (χ0v) is 21.0. The van der Waals surface area contributed by atoms with Crippen molar-refractivity contribution in [1.82, 2.24) is 20.7 Å². The van der Waals surface area contributed by atoms with E-state index >= 15 is 0 Å². The Bertz CT molecular complexity index is 1250.